The van der Waals surface area contributed by atoms with Gasteiger partial charge in [0.2, 0.25) is 0 Å². The maximum atomic E-state index is 2.42. The molecule has 0 amide bonds. The number of thioether (sulfide) groups is 1. The van der Waals surface area contributed by atoms with Crippen molar-refractivity contribution in [1.82, 2.24) is 0 Å². The van der Waals surface area contributed by atoms with Gasteiger partial charge in [0.1, 0.15) is 0 Å². The molecule has 0 saturated heterocycles. The van der Waals surface area contributed by atoms with Crippen LogP contribution in [0, 0.1) is 11.8 Å². The lowest BCUT2D eigenvalue weighted by molar-refractivity contribution is 0.503. The van der Waals surface area contributed by atoms with Crippen molar-refractivity contribution in [3.63, 3.8) is 0 Å². The molecule has 2 unspecified atom stereocenters. The van der Waals surface area contributed by atoms with Crippen molar-refractivity contribution < 1.29 is 0 Å². The molecule has 0 fully saturated rings. The molecule has 2 aliphatic rings. The van der Waals surface area contributed by atoms with E-state index in [1.165, 1.54) is 19.3 Å². The summed E-state index contributed by atoms with van der Waals surface area (Å²) in [5.74, 6) is 1.71. The van der Waals surface area contributed by atoms with E-state index < -0.39 is 0 Å². The summed E-state index contributed by atoms with van der Waals surface area (Å²) in [6, 6.07) is 0. The Bertz CT molecular complexity index is 215. The Morgan fingerprint density at radius 1 is 1.33 bits per heavy atom. The molecule has 0 radical (unpaired) electrons. The molecule has 0 aromatic heterocycles. The van der Waals surface area contributed by atoms with Crippen molar-refractivity contribution in [2.45, 2.75) is 45.3 Å². The van der Waals surface area contributed by atoms with Gasteiger partial charge in [0.15, 0.2) is 0 Å². The summed E-state index contributed by atoms with van der Waals surface area (Å²) < 4.78 is 0. The van der Waals surface area contributed by atoms with Crippen LogP contribution in [0.1, 0.15) is 40.0 Å². The highest BCUT2D eigenvalue weighted by Gasteiger charge is 2.35. The molecule has 0 aromatic rings. The molecular formula is C11H18S. The van der Waals surface area contributed by atoms with Crippen LogP contribution in [-0.2, 0) is 0 Å². The lowest BCUT2D eigenvalue weighted by Gasteiger charge is -2.21. The van der Waals surface area contributed by atoms with Crippen LogP contribution < -0.4 is 0 Å². The molecule has 0 nitrogen and oxygen atoms in total. The Labute approximate surface area is 79.8 Å². The van der Waals surface area contributed by atoms with Crippen LogP contribution in [0.25, 0.3) is 0 Å². The van der Waals surface area contributed by atoms with Gasteiger partial charge in [-0.15, -0.1) is 11.8 Å². The minimum atomic E-state index is 0.843. The van der Waals surface area contributed by atoms with Gasteiger partial charge in [0, 0.05) is 5.25 Å². The fourth-order valence-corrected chi connectivity index (χ4v) is 4.20. The maximum Gasteiger partial charge on any atom is 0.0177 e. The predicted molar refractivity (Wildman–Crippen MR) is 56.3 cm³/mol. The second-order valence-corrected chi connectivity index (χ2v) is 5.69. The summed E-state index contributed by atoms with van der Waals surface area (Å²) in [6.07, 6.45) is 4.20. The molecule has 2 rings (SSSR count). The van der Waals surface area contributed by atoms with Crippen molar-refractivity contribution >= 4 is 11.8 Å². The van der Waals surface area contributed by atoms with Crippen LogP contribution in [0.3, 0.4) is 0 Å². The van der Waals surface area contributed by atoms with Crippen LogP contribution >= 0.6 is 11.8 Å². The molecule has 1 aliphatic carbocycles. The first-order valence-corrected chi connectivity index (χ1v) is 5.96. The zero-order chi connectivity index (χ0) is 8.72. The monoisotopic (exact) mass is 182 g/mol. The van der Waals surface area contributed by atoms with Crippen LogP contribution in [0.2, 0.25) is 0 Å². The summed E-state index contributed by atoms with van der Waals surface area (Å²) in [4.78, 5) is 1.75. The zero-order valence-corrected chi connectivity index (χ0v) is 9.08. The molecule has 1 aliphatic heterocycles. The highest BCUT2D eigenvalue weighted by molar-refractivity contribution is 8.04. The molecule has 12 heavy (non-hydrogen) atoms. The van der Waals surface area contributed by atoms with Gasteiger partial charge in [-0.2, -0.15) is 0 Å². The highest BCUT2D eigenvalue weighted by Crippen LogP contribution is 2.51. The average Bonchev–Trinajstić information content (AvgIpc) is 2.53. The van der Waals surface area contributed by atoms with E-state index in [1.54, 1.807) is 10.5 Å². The number of hydrogen-bond acceptors (Lipinski definition) is 1. The molecular weight excluding hydrogens is 164 g/mol. The molecule has 0 aromatic carbocycles. The van der Waals surface area contributed by atoms with Crippen molar-refractivity contribution in [3.8, 4) is 0 Å². The maximum absolute atomic E-state index is 2.42. The van der Waals surface area contributed by atoms with E-state index >= 15 is 0 Å². The molecule has 0 spiro atoms. The van der Waals surface area contributed by atoms with E-state index in [4.69, 9.17) is 0 Å². The van der Waals surface area contributed by atoms with E-state index in [0.717, 1.165) is 17.1 Å². The van der Waals surface area contributed by atoms with Gasteiger partial charge in [0.05, 0.1) is 0 Å². The third kappa shape index (κ3) is 1.22. The standard InChI is InChI=1S/C11H18S/c1-7(2)11-8(3)9-5-4-6-10(9)12-11/h7-8,11H,4-6H2,1-3H3. The topological polar surface area (TPSA) is 0 Å². The third-order valence-electron chi connectivity index (χ3n) is 3.19. The van der Waals surface area contributed by atoms with Gasteiger partial charge >= 0.3 is 0 Å². The molecule has 0 bridgehead atoms. The van der Waals surface area contributed by atoms with Gasteiger partial charge in [-0.3, -0.25) is 0 Å². The van der Waals surface area contributed by atoms with Gasteiger partial charge in [-0.05, 0) is 36.0 Å². The van der Waals surface area contributed by atoms with Gasteiger partial charge in [-0.1, -0.05) is 26.3 Å². The summed E-state index contributed by atoms with van der Waals surface area (Å²) in [5, 5.41) is 0.885. The van der Waals surface area contributed by atoms with Crippen molar-refractivity contribution in [2.24, 2.45) is 11.8 Å². The Balaban J connectivity index is 2.13. The molecule has 1 heterocycles. The summed E-state index contributed by atoms with van der Waals surface area (Å²) in [6.45, 7) is 7.14. The minimum absolute atomic E-state index is 0.843. The normalized spacial score (nSPS) is 35.0. The first-order chi connectivity index (χ1) is 5.70. The fraction of sp³-hybridized carbons (Fsp3) is 0.818. The predicted octanol–water partition coefficient (Wildman–Crippen LogP) is 3.83. The van der Waals surface area contributed by atoms with Crippen molar-refractivity contribution in [1.29, 1.82) is 0 Å². The van der Waals surface area contributed by atoms with Gasteiger partial charge in [0.25, 0.3) is 0 Å². The quantitative estimate of drug-likeness (QED) is 0.594. The van der Waals surface area contributed by atoms with Crippen LogP contribution in [-0.4, -0.2) is 5.25 Å². The molecule has 68 valence electrons. The SMILES string of the molecule is CC(C)C1SC2=C(CCC2)C1C. The number of allylic oxidation sites excluding steroid dienone is 2. The smallest absolute Gasteiger partial charge is 0.0177 e. The van der Waals surface area contributed by atoms with Gasteiger partial charge < -0.3 is 0 Å². The molecule has 2 atom stereocenters. The van der Waals surface area contributed by atoms with E-state index in [9.17, 15) is 0 Å². The van der Waals surface area contributed by atoms with Crippen LogP contribution in [0.4, 0.5) is 0 Å². The first kappa shape index (κ1) is 8.68. The summed E-state index contributed by atoms with van der Waals surface area (Å²) >= 11 is 2.18. The summed E-state index contributed by atoms with van der Waals surface area (Å²) in [5.41, 5.74) is 1.80. The molecule has 1 heteroatoms. The lowest BCUT2D eigenvalue weighted by atomic mass is 9.91. The van der Waals surface area contributed by atoms with Crippen molar-refractivity contribution in [2.75, 3.05) is 0 Å². The largest absolute Gasteiger partial charge is 0.126 e. The first-order valence-electron chi connectivity index (χ1n) is 5.08. The zero-order valence-electron chi connectivity index (χ0n) is 8.26. The number of hydrogen-bond donors (Lipinski definition) is 0. The molecule has 0 N–H and O–H groups in total. The average molecular weight is 182 g/mol. The van der Waals surface area contributed by atoms with E-state index in [1.807, 2.05) is 0 Å². The van der Waals surface area contributed by atoms with Crippen molar-refractivity contribution in [3.05, 3.63) is 10.5 Å². The minimum Gasteiger partial charge on any atom is -0.126 e. The second kappa shape index (κ2) is 3.10. The van der Waals surface area contributed by atoms with Gasteiger partial charge in [-0.25, -0.2) is 0 Å². The second-order valence-electron chi connectivity index (χ2n) is 4.42. The van der Waals surface area contributed by atoms with Crippen LogP contribution in [0.15, 0.2) is 10.5 Å². The Morgan fingerprint density at radius 3 is 2.67 bits per heavy atom. The lowest BCUT2D eigenvalue weighted by Crippen LogP contribution is -2.17. The third-order valence-corrected chi connectivity index (χ3v) is 5.16. The van der Waals surface area contributed by atoms with Crippen LogP contribution in [0.5, 0.6) is 0 Å². The Kier molecular flexibility index (Phi) is 2.24. The number of rotatable bonds is 1. The van der Waals surface area contributed by atoms with E-state index in [-0.39, 0.29) is 0 Å². The Hall–Kier alpha value is 0.0900. The fourth-order valence-electron chi connectivity index (χ4n) is 2.53. The molecule has 0 saturated carbocycles. The van der Waals surface area contributed by atoms with E-state index in [0.29, 0.717) is 0 Å². The van der Waals surface area contributed by atoms with E-state index in [2.05, 4.69) is 32.5 Å². The Morgan fingerprint density at radius 2 is 2.08 bits per heavy atom. The highest BCUT2D eigenvalue weighted by atomic mass is 32.2. The summed E-state index contributed by atoms with van der Waals surface area (Å²) in [7, 11) is 0.